The van der Waals surface area contributed by atoms with E-state index in [1.54, 1.807) is 0 Å². The molecule has 2 unspecified atom stereocenters. The number of carbonyl (C=O) groups is 1. The Morgan fingerprint density at radius 3 is 3.00 bits per heavy atom. The highest BCUT2D eigenvalue weighted by molar-refractivity contribution is 5.57. The SMILES string of the molecule is CC1Oc2ccccc2CC1C=O. The number of para-hydroxylation sites is 1. The Bertz CT molecular complexity index is 320. The van der Waals surface area contributed by atoms with E-state index in [-0.39, 0.29) is 12.0 Å². The smallest absolute Gasteiger partial charge is 0.127 e. The first-order valence-corrected chi connectivity index (χ1v) is 4.51. The van der Waals surface area contributed by atoms with Crippen molar-refractivity contribution in [2.45, 2.75) is 19.4 Å². The molecule has 2 heteroatoms. The molecule has 1 aromatic rings. The zero-order valence-electron chi connectivity index (χ0n) is 7.57. The lowest BCUT2D eigenvalue weighted by molar-refractivity contribution is -0.113. The lowest BCUT2D eigenvalue weighted by Gasteiger charge is -2.27. The summed E-state index contributed by atoms with van der Waals surface area (Å²) >= 11 is 0. The Hall–Kier alpha value is -1.31. The third-order valence-corrected chi connectivity index (χ3v) is 2.52. The first kappa shape index (κ1) is 8.30. The summed E-state index contributed by atoms with van der Waals surface area (Å²) in [5.41, 5.74) is 1.14. The first-order chi connectivity index (χ1) is 6.31. The van der Waals surface area contributed by atoms with Crippen LogP contribution in [-0.2, 0) is 11.2 Å². The molecule has 0 aromatic heterocycles. The van der Waals surface area contributed by atoms with Crippen molar-refractivity contribution in [1.82, 2.24) is 0 Å². The molecule has 0 fully saturated rings. The molecule has 68 valence electrons. The lowest BCUT2D eigenvalue weighted by Crippen LogP contribution is -2.31. The molecule has 1 heterocycles. The summed E-state index contributed by atoms with van der Waals surface area (Å²) in [6, 6.07) is 7.89. The van der Waals surface area contributed by atoms with Gasteiger partial charge in [0.05, 0.1) is 5.92 Å². The molecule has 0 bridgehead atoms. The number of rotatable bonds is 1. The van der Waals surface area contributed by atoms with Crippen molar-refractivity contribution in [1.29, 1.82) is 0 Å². The van der Waals surface area contributed by atoms with E-state index < -0.39 is 0 Å². The minimum absolute atomic E-state index is 0.00685. The van der Waals surface area contributed by atoms with Crippen molar-refractivity contribution in [3.8, 4) is 5.75 Å². The van der Waals surface area contributed by atoms with E-state index in [2.05, 4.69) is 0 Å². The predicted octanol–water partition coefficient (Wildman–Crippen LogP) is 1.83. The Balaban J connectivity index is 2.32. The van der Waals surface area contributed by atoms with Crippen molar-refractivity contribution in [3.05, 3.63) is 29.8 Å². The Kier molecular flexibility index (Phi) is 2.05. The zero-order chi connectivity index (χ0) is 9.26. The number of carbonyl (C=O) groups excluding carboxylic acids is 1. The highest BCUT2D eigenvalue weighted by atomic mass is 16.5. The van der Waals surface area contributed by atoms with Gasteiger partial charge in [-0.3, -0.25) is 0 Å². The number of fused-ring (bicyclic) bond motifs is 1. The van der Waals surface area contributed by atoms with Crippen LogP contribution in [0.2, 0.25) is 0 Å². The average Bonchev–Trinajstić information content (AvgIpc) is 2.17. The lowest BCUT2D eigenvalue weighted by atomic mass is 9.93. The van der Waals surface area contributed by atoms with Gasteiger partial charge < -0.3 is 9.53 Å². The minimum atomic E-state index is 0.00685. The summed E-state index contributed by atoms with van der Waals surface area (Å²) in [4.78, 5) is 10.7. The Morgan fingerprint density at radius 2 is 2.23 bits per heavy atom. The van der Waals surface area contributed by atoms with Gasteiger partial charge in [-0.15, -0.1) is 0 Å². The normalized spacial score (nSPS) is 25.9. The van der Waals surface area contributed by atoms with Crippen LogP contribution in [0.25, 0.3) is 0 Å². The summed E-state index contributed by atoms with van der Waals surface area (Å²) in [6.45, 7) is 1.94. The molecule has 2 atom stereocenters. The van der Waals surface area contributed by atoms with E-state index in [1.807, 2.05) is 31.2 Å². The first-order valence-electron chi connectivity index (χ1n) is 4.51. The van der Waals surface area contributed by atoms with Gasteiger partial charge in [0.2, 0.25) is 0 Å². The molecule has 1 aliphatic rings. The Labute approximate surface area is 77.5 Å². The van der Waals surface area contributed by atoms with Gasteiger partial charge >= 0.3 is 0 Å². The molecule has 1 aliphatic heterocycles. The van der Waals surface area contributed by atoms with Crippen LogP contribution >= 0.6 is 0 Å². The zero-order valence-corrected chi connectivity index (χ0v) is 7.57. The summed E-state index contributed by atoms with van der Waals surface area (Å²) in [7, 11) is 0. The van der Waals surface area contributed by atoms with Crippen LogP contribution in [0.5, 0.6) is 5.75 Å². The molecule has 13 heavy (non-hydrogen) atoms. The van der Waals surface area contributed by atoms with Crippen LogP contribution in [0, 0.1) is 5.92 Å². The number of benzene rings is 1. The molecular weight excluding hydrogens is 164 g/mol. The number of hydrogen-bond acceptors (Lipinski definition) is 2. The second-order valence-electron chi connectivity index (χ2n) is 3.43. The number of hydrogen-bond donors (Lipinski definition) is 0. The molecule has 0 saturated carbocycles. The van der Waals surface area contributed by atoms with Crippen LogP contribution in [0.1, 0.15) is 12.5 Å². The topological polar surface area (TPSA) is 26.3 Å². The second kappa shape index (κ2) is 3.21. The molecular formula is C11H12O2. The van der Waals surface area contributed by atoms with Crippen molar-refractivity contribution < 1.29 is 9.53 Å². The minimum Gasteiger partial charge on any atom is -0.490 e. The number of ether oxygens (including phenoxy) is 1. The molecule has 0 radical (unpaired) electrons. The van der Waals surface area contributed by atoms with Gasteiger partial charge in [-0.05, 0) is 25.0 Å². The fourth-order valence-electron chi connectivity index (χ4n) is 1.65. The molecule has 0 N–H and O–H groups in total. The van der Waals surface area contributed by atoms with E-state index in [4.69, 9.17) is 4.74 Å². The van der Waals surface area contributed by atoms with Crippen LogP contribution in [0.4, 0.5) is 0 Å². The molecule has 2 rings (SSSR count). The average molecular weight is 176 g/mol. The van der Waals surface area contributed by atoms with Gasteiger partial charge in [-0.1, -0.05) is 18.2 Å². The van der Waals surface area contributed by atoms with Crippen LogP contribution in [0.15, 0.2) is 24.3 Å². The predicted molar refractivity (Wildman–Crippen MR) is 49.8 cm³/mol. The van der Waals surface area contributed by atoms with E-state index in [1.165, 1.54) is 0 Å². The standard InChI is InChI=1S/C11H12O2/c1-8-10(7-12)6-9-4-2-3-5-11(9)13-8/h2-5,7-8,10H,6H2,1H3. The molecule has 0 saturated heterocycles. The van der Waals surface area contributed by atoms with Crippen molar-refractivity contribution in [3.63, 3.8) is 0 Å². The molecule has 0 amide bonds. The molecule has 1 aromatic carbocycles. The molecule has 2 nitrogen and oxygen atoms in total. The molecule has 0 spiro atoms. The summed E-state index contributed by atoms with van der Waals surface area (Å²) < 4.78 is 5.60. The maximum atomic E-state index is 10.7. The van der Waals surface area contributed by atoms with Gasteiger partial charge in [-0.2, -0.15) is 0 Å². The van der Waals surface area contributed by atoms with Crippen LogP contribution < -0.4 is 4.74 Å². The quantitative estimate of drug-likeness (QED) is 0.610. The fourth-order valence-corrected chi connectivity index (χ4v) is 1.65. The van der Waals surface area contributed by atoms with Gasteiger partial charge in [0.25, 0.3) is 0 Å². The monoisotopic (exact) mass is 176 g/mol. The summed E-state index contributed by atoms with van der Waals surface area (Å²) in [5, 5.41) is 0. The van der Waals surface area contributed by atoms with E-state index in [0.29, 0.717) is 0 Å². The van der Waals surface area contributed by atoms with Crippen molar-refractivity contribution in [2.75, 3.05) is 0 Å². The number of aldehydes is 1. The van der Waals surface area contributed by atoms with Crippen molar-refractivity contribution >= 4 is 6.29 Å². The summed E-state index contributed by atoms with van der Waals surface area (Å²) in [6.07, 6.45) is 1.80. The summed E-state index contributed by atoms with van der Waals surface area (Å²) in [5.74, 6) is 0.933. The van der Waals surface area contributed by atoms with Gasteiger partial charge in [0, 0.05) is 0 Å². The van der Waals surface area contributed by atoms with E-state index in [0.717, 1.165) is 24.0 Å². The van der Waals surface area contributed by atoms with E-state index in [9.17, 15) is 4.79 Å². The maximum Gasteiger partial charge on any atom is 0.127 e. The van der Waals surface area contributed by atoms with E-state index >= 15 is 0 Å². The van der Waals surface area contributed by atoms with Crippen molar-refractivity contribution in [2.24, 2.45) is 5.92 Å². The molecule has 0 aliphatic carbocycles. The maximum absolute atomic E-state index is 10.7. The van der Waals surface area contributed by atoms with Gasteiger partial charge in [0.15, 0.2) is 0 Å². The second-order valence-corrected chi connectivity index (χ2v) is 3.43. The largest absolute Gasteiger partial charge is 0.490 e. The van der Waals surface area contributed by atoms with Gasteiger partial charge in [0.1, 0.15) is 18.1 Å². The third-order valence-electron chi connectivity index (χ3n) is 2.52. The van der Waals surface area contributed by atoms with Crippen LogP contribution in [0.3, 0.4) is 0 Å². The van der Waals surface area contributed by atoms with Gasteiger partial charge in [-0.25, -0.2) is 0 Å². The Morgan fingerprint density at radius 1 is 1.46 bits per heavy atom. The highest BCUT2D eigenvalue weighted by Gasteiger charge is 2.25. The fraction of sp³-hybridized carbons (Fsp3) is 0.364. The highest BCUT2D eigenvalue weighted by Crippen LogP contribution is 2.29. The third kappa shape index (κ3) is 1.44. The van der Waals surface area contributed by atoms with Crippen LogP contribution in [-0.4, -0.2) is 12.4 Å².